The number of nitrogens with one attached hydrogen (secondary N) is 2. The van der Waals surface area contributed by atoms with Crippen molar-refractivity contribution in [3.8, 4) is 0 Å². The Morgan fingerprint density at radius 1 is 1.50 bits per heavy atom. The van der Waals surface area contributed by atoms with E-state index in [1.807, 2.05) is 18.2 Å². The predicted molar refractivity (Wildman–Crippen MR) is 69.9 cm³/mol. The third kappa shape index (κ3) is 2.34. The van der Waals surface area contributed by atoms with Gasteiger partial charge >= 0.3 is 0 Å². The SMILES string of the molecule is O=C(NCC1CCCO1)c1ccc2c(c1)CCN2. The van der Waals surface area contributed by atoms with Crippen molar-refractivity contribution in [2.75, 3.05) is 25.0 Å². The van der Waals surface area contributed by atoms with E-state index in [1.54, 1.807) is 0 Å². The maximum Gasteiger partial charge on any atom is 0.251 e. The molecule has 2 aliphatic rings. The summed E-state index contributed by atoms with van der Waals surface area (Å²) in [6.07, 6.45) is 3.35. The van der Waals surface area contributed by atoms with Crippen molar-refractivity contribution < 1.29 is 9.53 Å². The van der Waals surface area contributed by atoms with E-state index in [0.717, 1.165) is 43.7 Å². The number of amides is 1. The summed E-state index contributed by atoms with van der Waals surface area (Å²) in [5.74, 6) is 0.000185. The summed E-state index contributed by atoms with van der Waals surface area (Å²) >= 11 is 0. The summed E-state index contributed by atoms with van der Waals surface area (Å²) in [4.78, 5) is 12.0. The first-order valence-electron chi connectivity index (χ1n) is 6.59. The molecule has 3 rings (SSSR count). The molecule has 2 aliphatic heterocycles. The molecule has 0 radical (unpaired) electrons. The zero-order chi connectivity index (χ0) is 12.4. The Kier molecular flexibility index (Phi) is 3.19. The quantitative estimate of drug-likeness (QED) is 0.851. The fourth-order valence-corrected chi connectivity index (χ4v) is 2.56. The topological polar surface area (TPSA) is 50.4 Å². The molecule has 4 heteroatoms. The molecule has 1 saturated heterocycles. The summed E-state index contributed by atoms with van der Waals surface area (Å²) < 4.78 is 5.49. The van der Waals surface area contributed by atoms with Crippen LogP contribution in [0.4, 0.5) is 5.69 Å². The molecule has 1 aromatic rings. The molecule has 0 bridgehead atoms. The first-order valence-corrected chi connectivity index (χ1v) is 6.59. The summed E-state index contributed by atoms with van der Waals surface area (Å²) in [5, 5.41) is 6.24. The standard InChI is InChI=1S/C14H18N2O2/c17-14(16-9-12-2-1-7-18-12)11-3-4-13-10(8-11)5-6-15-13/h3-4,8,12,15H,1-2,5-7,9H2,(H,16,17). The van der Waals surface area contributed by atoms with Gasteiger partial charge in [-0.25, -0.2) is 0 Å². The van der Waals surface area contributed by atoms with Crippen LogP contribution in [0.25, 0.3) is 0 Å². The second-order valence-corrected chi connectivity index (χ2v) is 4.89. The molecule has 0 spiro atoms. The van der Waals surface area contributed by atoms with E-state index < -0.39 is 0 Å². The minimum absolute atomic E-state index is 0.000185. The molecule has 2 heterocycles. The maximum absolute atomic E-state index is 12.0. The number of carbonyl (C=O) groups is 1. The van der Waals surface area contributed by atoms with Crippen molar-refractivity contribution in [2.24, 2.45) is 0 Å². The molecule has 1 fully saturated rings. The fraction of sp³-hybridized carbons (Fsp3) is 0.500. The Bertz CT molecular complexity index is 453. The van der Waals surface area contributed by atoms with Gasteiger partial charge in [0, 0.05) is 30.9 Å². The molecule has 1 amide bonds. The number of rotatable bonds is 3. The highest BCUT2D eigenvalue weighted by molar-refractivity contribution is 5.95. The van der Waals surface area contributed by atoms with Gasteiger partial charge in [-0.3, -0.25) is 4.79 Å². The molecular formula is C14H18N2O2. The lowest BCUT2D eigenvalue weighted by atomic mass is 10.1. The van der Waals surface area contributed by atoms with E-state index in [4.69, 9.17) is 4.74 Å². The van der Waals surface area contributed by atoms with Crippen LogP contribution in [0, 0.1) is 0 Å². The fourth-order valence-electron chi connectivity index (χ4n) is 2.56. The van der Waals surface area contributed by atoms with Gasteiger partial charge in [0.2, 0.25) is 0 Å². The molecule has 0 saturated carbocycles. The number of hydrogen-bond donors (Lipinski definition) is 2. The zero-order valence-corrected chi connectivity index (χ0v) is 10.4. The van der Waals surface area contributed by atoms with E-state index in [9.17, 15) is 4.79 Å². The van der Waals surface area contributed by atoms with Crippen LogP contribution in [0.15, 0.2) is 18.2 Å². The van der Waals surface area contributed by atoms with Gasteiger partial charge < -0.3 is 15.4 Å². The highest BCUT2D eigenvalue weighted by atomic mass is 16.5. The van der Waals surface area contributed by atoms with Gasteiger partial charge in [-0.2, -0.15) is 0 Å². The van der Waals surface area contributed by atoms with Gasteiger partial charge in [0.15, 0.2) is 0 Å². The van der Waals surface area contributed by atoms with Crippen LogP contribution in [0.2, 0.25) is 0 Å². The van der Waals surface area contributed by atoms with E-state index in [1.165, 1.54) is 5.56 Å². The molecule has 0 aliphatic carbocycles. The van der Waals surface area contributed by atoms with Crippen molar-refractivity contribution in [3.63, 3.8) is 0 Å². The largest absolute Gasteiger partial charge is 0.384 e. The van der Waals surface area contributed by atoms with Crippen LogP contribution in [0.3, 0.4) is 0 Å². The molecular weight excluding hydrogens is 228 g/mol. The molecule has 1 unspecified atom stereocenters. The summed E-state index contributed by atoms with van der Waals surface area (Å²) in [7, 11) is 0. The maximum atomic E-state index is 12.0. The van der Waals surface area contributed by atoms with Crippen molar-refractivity contribution in [1.29, 1.82) is 0 Å². The number of benzene rings is 1. The average Bonchev–Trinajstić information content (AvgIpc) is 3.05. The van der Waals surface area contributed by atoms with Crippen LogP contribution in [-0.4, -0.2) is 31.7 Å². The number of anilines is 1. The van der Waals surface area contributed by atoms with E-state index in [2.05, 4.69) is 10.6 Å². The minimum Gasteiger partial charge on any atom is -0.384 e. The lowest BCUT2D eigenvalue weighted by molar-refractivity contribution is 0.0857. The minimum atomic E-state index is 0.000185. The number of ether oxygens (including phenoxy) is 1. The third-order valence-corrected chi connectivity index (χ3v) is 3.59. The van der Waals surface area contributed by atoms with Gasteiger partial charge in [0.1, 0.15) is 0 Å². The Balaban J connectivity index is 1.61. The average molecular weight is 246 g/mol. The number of fused-ring (bicyclic) bond motifs is 1. The zero-order valence-electron chi connectivity index (χ0n) is 10.4. The molecule has 2 N–H and O–H groups in total. The normalized spacial score (nSPS) is 21.4. The molecule has 4 nitrogen and oxygen atoms in total. The lowest BCUT2D eigenvalue weighted by Gasteiger charge is -2.11. The Labute approximate surface area is 107 Å². The summed E-state index contributed by atoms with van der Waals surface area (Å²) in [5.41, 5.74) is 3.14. The molecule has 18 heavy (non-hydrogen) atoms. The van der Waals surface area contributed by atoms with Gasteiger partial charge in [0.05, 0.1) is 6.10 Å². The van der Waals surface area contributed by atoms with Crippen LogP contribution < -0.4 is 10.6 Å². The van der Waals surface area contributed by atoms with Crippen molar-refractivity contribution in [1.82, 2.24) is 5.32 Å². The second-order valence-electron chi connectivity index (χ2n) is 4.89. The van der Waals surface area contributed by atoms with E-state index in [-0.39, 0.29) is 12.0 Å². The molecule has 1 aromatic carbocycles. The summed E-state index contributed by atoms with van der Waals surface area (Å²) in [6.45, 7) is 2.41. The lowest BCUT2D eigenvalue weighted by Crippen LogP contribution is -2.31. The predicted octanol–water partition coefficient (Wildman–Crippen LogP) is 1.56. The van der Waals surface area contributed by atoms with Gasteiger partial charge in [-0.05, 0) is 43.0 Å². The second kappa shape index (κ2) is 4.98. The van der Waals surface area contributed by atoms with Crippen molar-refractivity contribution >= 4 is 11.6 Å². The highest BCUT2D eigenvalue weighted by Crippen LogP contribution is 2.22. The summed E-state index contributed by atoms with van der Waals surface area (Å²) in [6, 6.07) is 5.85. The van der Waals surface area contributed by atoms with Gasteiger partial charge in [-0.1, -0.05) is 0 Å². The van der Waals surface area contributed by atoms with E-state index in [0.29, 0.717) is 6.54 Å². The molecule has 1 atom stereocenters. The number of hydrogen-bond acceptors (Lipinski definition) is 3. The van der Waals surface area contributed by atoms with Crippen LogP contribution in [-0.2, 0) is 11.2 Å². The monoisotopic (exact) mass is 246 g/mol. The Hall–Kier alpha value is -1.55. The highest BCUT2D eigenvalue weighted by Gasteiger charge is 2.17. The van der Waals surface area contributed by atoms with Crippen LogP contribution in [0.1, 0.15) is 28.8 Å². The first-order chi connectivity index (χ1) is 8.83. The Morgan fingerprint density at radius 3 is 3.28 bits per heavy atom. The van der Waals surface area contributed by atoms with Crippen molar-refractivity contribution in [3.05, 3.63) is 29.3 Å². The van der Waals surface area contributed by atoms with E-state index >= 15 is 0 Å². The smallest absolute Gasteiger partial charge is 0.251 e. The third-order valence-electron chi connectivity index (χ3n) is 3.59. The van der Waals surface area contributed by atoms with Crippen LogP contribution >= 0.6 is 0 Å². The first kappa shape index (κ1) is 11.5. The number of carbonyl (C=O) groups excluding carboxylic acids is 1. The Morgan fingerprint density at radius 2 is 2.44 bits per heavy atom. The van der Waals surface area contributed by atoms with Crippen molar-refractivity contribution in [2.45, 2.75) is 25.4 Å². The van der Waals surface area contributed by atoms with Gasteiger partial charge in [-0.15, -0.1) is 0 Å². The molecule has 96 valence electrons. The van der Waals surface area contributed by atoms with Crippen LogP contribution in [0.5, 0.6) is 0 Å². The molecule has 0 aromatic heterocycles. The van der Waals surface area contributed by atoms with Gasteiger partial charge in [0.25, 0.3) is 5.91 Å².